The summed E-state index contributed by atoms with van der Waals surface area (Å²) in [6, 6.07) is 3.81. The number of nitrogens with zero attached hydrogens (tertiary/aromatic N) is 5. The summed E-state index contributed by atoms with van der Waals surface area (Å²) in [5.74, 6) is -0.775. The molecule has 0 unspecified atom stereocenters. The maximum absolute atomic E-state index is 13.8. The minimum atomic E-state index is -0.519. The summed E-state index contributed by atoms with van der Waals surface area (Å²) >= 11 is 0. The van der Waals surface area contributed by atoms with Crippen molar-refractivity contribution in [1.29, 1.82) is 0 Å². The maximum atomic E-state index is 13.8. The lowest BCUT2D eigenvalue weighted by Crippen LogP contribution is -2.42. The topological polar surface area (TPSA) is 54.3 Å². The molecule has 0 atom stereocenters. The van der Waals surface area contributed by atoms with E-state index in [-0.39, 0.29) is 23.7 Å². The normalized spacial score (nSPS) is 15.9. The molecule has 28 heavy (non-hydrogen) atoms. The number of piperidine rings is 1. The molecule has 0 N–H and O–H groups in total. The van der Waals surface area contributed by atoms with Crippen molar-refractivity contribution in [3.8, 4) is 0 Å². The minimum Gasteiger partial charge on any atom is -0.340 e. The van der Waals surface area contributed by atoms with Crippen LogP contribution in [0.3, 0.4) is 0 Å². The van der Waals surface area contributed by atoms with Crippen LogP contribution in [0, 0.1) is 17.6 Å². The highest BCUT2D eigenvalue weighted by atomic mass is 19.1. The molecular formula is C20H27F2N5O. The second kappa shape index (κ2) is 8.77. The Morgan fingerprint density at radius 2 is 2.00 bits per heavy atom. The standard InChI is InChI=1S/C20H27F2N5O/c1-14(2)26-8-6-15(7-9-26)11-25(3)20(28)19-13-27(24-23-19)12-16-10-17(21)4-5-18(16)22/h4-5,10,13-15H,6-9,11-12H2,1-3H3. The summed E-state index contributed by atoms with van der Waals surface area (Å²) in [5, 5.41) is 7.80. The average Bonchev–Trinajstić information content (AvgIpc) is 3.13. The number of rotatable bonds is 6. The van der Waals surface area contributed by atoms with E-state index in [1.165, 1.54) is 10.9 Å². The molecule has 1 fully saturated rings. The van der Waals surface area contributed by atoms with E-state index in [1.807, 2.05) is 0 Å². The first kappa shape index (κ1) is 20.4. The predicted molar refractivity (Wildman–Crippen MR) is 102 cm³/mol. The largest absolute Gasteiger partial charge is 0.340 e. The number of aromatic nitrogens is 3. The van der Waals surface area contributed by atoms with Crippen molar-refractivity contribution < 1.29 is 13.6 Å². The van der Waals surface area contributed by atoms with Crippen molar-refractivity contribution in [3.63, 3.8) is 0 Å². The average molecular weight is 391 g/mol. The number of hydrogen-bond donors (Lipinski definition) is 0. The van der Waals surface area contributed by atoms with Crippen LogP contribution in [0.25, 0.3) is 0 Å². The van der Waals surface area contributed by atoms with Crippen molar-refractivity contribution >= 4 is 5.91 Å². The number of hydrogen-bond acceptors (Lipinski definition) is 4. The van der Waals surface area contributed by atoms with E-state index in [0.717, 1.165) is 44.1 Å². The van der Waals surface area contributed by atoms with Crippen molar-refractivity contribution in [1.82, 2.24) is 24.8 Å². The summed E-state index contributed by atoms with van der Waals surface area (Å²) in [6.45, 7) is 7.21. The monoisotopic (exact) mass is 391 g/mol. The van der Waals surface area contributed by atoms with Gasteiger partial charge in [-0.25, -0.2) is 13.5 Å². The first-order valence-electron chi connectivity index (χ1n) is 9.67. The lowest BCUT2D eigenvalue weighted by molar-refractivity contribution is 0.0720. The molecule has 1 amide bonds. The van der Waals surface area contributed by atoms with Crippen molar-refractivity contribution in [2.75, 3.05) is 26.7 Å². The molecule has 0 bridgehead atoms. The molecule has 6 nitrogen and oxygen atoms in total. The second-order valence-electron chi connectivity index (χ2n) is 7.80. The molecule has 2 aromatic rings. The van der Waals surface area contributed by atoms with Gasteiger partial charge in [0.05, 0.1) is 12.7 Å². The first-order chi connectivity index (χ1) is 13.3. The molecule has 152 valence electrons. The van der Waals surface area contributed by atoms with Crippen LogP contribution in [0.4, 0.5) is 8.78 Å². The number of carbonyl (C=O) groups is 1. The van der Waals surface area contributed by atoms with E-state index in [4.69, 9.17) is 0 Å². The lowest BCUT2D eigenvalue weighted by Gasteiger charge is -2.35. The number of amides is 1. The molecule has 1 aliphatic heterocycles. The Bertz CT molecular complexity index is 815. The van der Waals surface area contributed by atoms with E-state index in [1.54, 1.807) is 11.9 Å². The highest BCUT2D eigenvalue weighted by molar-refractivity contribution is 5.91. The van der Waals surface area contributed by atoms with Crippen molar-refractivity contribution in [2.24, 2.45) is 5.92 Å². The Morgan fingerprint density at radius 3 is 2.68 bits per heavy atom. The summed E-state index contributed by atoms with van der Waals surface area (Å²) in [5.41, 5.74) is 0.369. The van der Waals surface area contributed by atoms with Crippen LogP contribution < -0.4 is 0 Å². The van der Waals surface area contributed by atoms with Gasteiger partial charge in [-0.2, -0.15) is 0 Å². The Balaban J connectivity index is 1.57. The Hall–Kier alpha value is -2.35. The van der Waals surface area contributed by atoms with Crippen LogP contribution in [-0.4, -0.2) is 63.4 Å². The van der Waals surface area contributed by atoms with Gasteiger partial charge in [0.2, 0.25) is 0 Å². The van der Waals surface area contributed by atoms with Gasteiger partial charge in [-0.3, -0.25) is 4.79 Å². The lowest BCUT2D eigenvalue weighted by atomic mass is 9.95. The zero-order valence-electron chi connectivity index (χ0n) is 16.6. The smallest absolute Gasteiger partial charge is 0.275 e. The SMILES string of the molecule is CC(C)N1CCC(CN(C)C(=O)c2cn(Cc3cc(F)ccc3F)nn2)CC1. The van der Waals surface area contributed by atoms with Gasteiger partial charge in [0, 0.05) is 25.2 Å². The van der Waals surface area contributed by atoms with Crippen LogP contribution in [0.1, 0.15) is 42.7 Å². The number of halogens is 2. The molecule has 1 aromatic carbocycles. The molecule has 3 rings (SSSR count). The molecule has 0 saturated carbocycles. The molecule has 1 aromatic heterocycles. The summed E-state index contributed by atoms with van der Waals surface area (Å²) in [4.78, 5) is 16.8. The van der Waals surface area contributed by atoms with E-state index in [0.29, 0.717) is 18.5 Å². The summed E-state index contributed by atoms with van der Waals surface area (Å²) < 4.78 is 28.4. The van der Waals surface area contributed by atoms with Crippen LogP contribution in [0.2, 0.25) is 0 Å². The molecule has 1 saturated heterocycles. The van der Waals surface area contributed by atoms with E-state index in [2.05, 4.69) is 29.1 Å². The van der Waals surface area contributed by atoms with Gasteiger partial charge in [0.25, 0.3) is 5.91 Å². The molecule has 0 aliphatic carbocycles. The molecule has 1 aliphatic rings. The predicted octanol–water partition coefficient (Wildman–Crippen LogP) is 2.80. The Labute approximate surface area is 164 Å². The van der Waals surface area contributed by atoms with E-state index >= 15 is 0 Å². The summed E-state index contributed by atoms with van der Waals surface area (Å²) in [7, 11) is 1.77. The highest BCUT2D eigenvalue weighted by Crippen LogP contribution is 2.20. The van der Waals surface area contributed by atoms with Crippen LogP contribution in [-0.2, 0) is 6.54 Å². The fourth-order valence-electron chi connectivity index (χ4n) is 3.63. The Morgan fingerprint density at radius 1 is 1.29 bits per heavy atom. The van der Waals surface area contributed by atoms with Gasteiger partial charge in [-0.1, -0.05) is 5.21 Å². The van der Waals surface area contributed by atoms with Gasteiger partial charge >= 0.3 is 0 Å². The second-order valence-corrected chi connectivity index (χ2v) is 7.80. The van der Waals surface area contributed by atoms with Crippen molar-refractivity contribution in [2.45, 2.75) is 39.3 Å². The zero-order chi connectivity index (χ0) is 20.3. The van der Waals surface area contributed by atoms with E-state index in [9.17, 15) is 13.6 Å². The molecule has 0 spiro atoms. The quantitative estimate of drug-likeness (QED) is 0.760. The zero-order valence-corrected chi connectivity index (χ0v) is 16.6. The van der Waals surface area contributed by atoms with Gasteiger partial charge in [-0.05, 0) is 63.9 Å². The highest BCUT2D eigenvalue weighted by Gasteiger charge is 2.24. The number of likely N-dealkylation sites (tertiary alicyclic amines) is 1. The van der Waals surface area contributed by atoms with Crippen molar-refractivity contribution in [3.05, 3.63) is 47.3 Å². The molecular weight excluding hydrogens is 364 g/mol. The third kappa shape index (κ3) is 4.92. The number of benzene rings is 1. The number of carbonyl (C=O) groups excluding carboxylic acids is 1. The van der Waals surface area contributed by atoms with Gasteiger partial charge in [0.1, 0.15) is 11.6 Å². The molecule has 2 heterocycles. The third-order valence-corrected chi connectivity index (χ3v) is 5.36. The van der Waals surface area contributed by atoms with E-state index < -0.39 is 11.6 Å². The Kier molecular flexibility index (Phi) is 6.39. The fraction of sp³-hybridized carbons (Fsp3) is 0.550. The van der Waals surface area contributed by atoms with Crippen LogP contribution in [0.5, 0.6) is 0 Å². The summed E-state index contributed by atoms with van der Waals surface area (Å²) in [6.07, 6.45) is 3.62. The van der Waals surface area contributed by atoms with Gasteiger partial charge < -0.3 is 9.80 Å². The maximum Gasteiger partial charge on any atom is 0.275 e. The molecule has 8 heteroatoms. The third-order valence-electron chi connectivity index (χ3n) is 5.36. The molecule has 0 radical (unpaired) electrons. The van der Waals surface area contributed by atoms with Crippen LogP contribution >= 0.6 is 0 Å². The van der Waals surface area contributed by atoms with Gasteiger partial charge in [0.15, 0.2) is 5.69 Å². The van der Waals surface area contributed by atoms with Gasteiger partial charge in [-0.15, -0.1) is 5.10 Å². The first-order valence-corrected chi connectivity index (χ1v) is 9.67. The fourth-order valence-corrected chi connectivity index (χ4v) is 3.63. The minimum absolute atomic E-state index is 0.0151. The van der Waals surface area contributed by atoms with Crippen LogP contribution in [0.15, 0.2) is 24.4 Å².